The average molecular weight is 314 g/mol. The molecule has 0 saturated heterocycles. The molecule has 0 radical (unpaired) electrons. The van der Waals surface area contributed by atoms with Crippen LogP contribution in [-0.4, -0.2) is 13.1 Å². The van der Waals surface area contributed by atoms with Crippen LogP contribution in [0.3, 0.4) is 0 Å². The van der Waals surface area contributed by atoms with E-state index in [-0.39, 0.29) is 0 Å². The van der Waals surface area contributed by atoms with E-state index in [9.17, 15) is 0 Å². The highest BCUT2D eigenvalue weighted by atomic mass is 15.1. The highest BCUT2D eigenvalue weighted by molar-refractivity contribution is 5.45. The molecule has 0 N–H and O–H groups in total. The molecule has 2 aliphatic carbocycles. The van der Waals surface area contributed by atoms with Crippen LogP contribution in [0.5, 0.6) is 0 Å². The molecule has 0 atom stereocenters. The van der Waals surface area contributed by atoms with Crippen LogP contribution < -0.4 is 4.90 Å². The lowest BCUT2D eigenvalue weighted by Crippen LogP contribution is -2.29. The molecule has 0 spiro atoms. The molecule has 0 bridgehead atoms. The third-order valence-electron chi connectivity index (χ3n) is 6.19. The Balaban J connectivity index is 1.52. The van der Waals surface area contributed by atoms with Crippen LogP contribution in [0, 0.1) is 11.8 Å². The molecular formula is C22H35N. The van der Waals surface area contributed by atoms with Crippen molar-refractivity contribution in [2.75, 3.05) is 18.0 Å². The van der Waals surface area contributed by atoms with Gasteiger partial charge in [-0.1, -0.05) is 82.4 Å². The first kappa shape index (κ1) is 16.9. The second-order valence-corrected chi connectivity index (χ2v) is 7.91. The zero-order valence-corrected chi connectivity index (χ0v) is 14.9. The van der Waals surface area contributed by atoms with E-state index in [1.54, 1.807) is 0 Å². The lowest BCUT2D eigenvalue weighted by molar-refractivity contribution is 0.327. The number of hydrogen-bond donors (Lipinski definition) is 0. The Hall–Kier alpha value is -0.980. The maximum absolute atomic E-state index is 2.68. The predicted molar refractivity (Wildman–Crippen MR) is 101 cm³/mol. The second kappa shape index (κ2) is 9.35. The molecule has 128 valence electrons. The van der Waals surface area contributed by atoms with Crippen LogP contribution in [0.25, 0.3) is 0 Å². The Morgan fingerprint density at radius 3 is 1.61 bits per heavy atom. The summed E-state index contributed by atoms with van der Waals surface area (Å²) in [5.41, 5.74) is 1.44. The zero-order valence-electron chi connectivity index (χ0n) is 14.9. The van der Waals surface area contributed by atoms with Gasteiger partial charge in [0.2, 0.25) is 0 Å². The van der Waals surface area contributed by atoms with Crippen molar-refractivity contribution >= 4 is 5.69 Å². The molecule has 23 heavy (non-hydrogen) atoms. The van der Waals surface area contributed by atoms with E-state index in [0.29, 0.717) is 0 Å². The van der Waals surface area contributed by atoms with Gasteiger partial charge in [0.25, 0.3) is 0 Å². The maximum atomic E-state index is 2.68. The van der Waals surface area contributed by atoms with Crippen LogP contribution in [0.15, 0.2) is 30.3 Å². The highest BCUT2D eigenvalue weighted by Gasteiger charge is 2.18. The number of anilines is 1. The van der Waals surface area contributed by atoms with Gasteiger partial charge in [-0.3, -0.25) is 0 Å². The van der Waals surface area contributed by atoms with Gasteiger partial charge in [0.1, 0.15) is 0 Å². The van der Waals surface area contributed by atoms with Crippen molar-refractivity contribution in [2.24, 2.45) is 11.8 Å². The summed E-state index contributed by atoms with van der Waals surface area (Å²) in [5.74, 6) is 1.98. The molecule has 2 fully saturated rings. The minimum absolute atomic E-state index is 0.990. The molecule has 2 saturated carbocycles. The van der Waals surface area contributed by atoms with E-state index in [2.05, 4.69) is 35.2 Å². The van der Waals surface area contributed by atoms with Crippen molar-refractivity contribution in [1.82, 2.24) is 0 Å². The van der Waals surface area contributed by atoms with Gasteiger partial charge >= 0.3 is 0 Å². The van der Waals surface area contributed by atoms with E-state index in [1.165, 1.54) is 95.8 Å². The van der Waals surface area contributed by atoms with Gasteiger partial charge in [0.05, 0.1) is 0 Å². The number of para-hydroxylation sites is 1. The Morgan fingerprint density at radius 2 is 1.13 bits per heavy atom. The smallest absolute Gasteiger partial charge is 0.0366 e. The molecule has 0 heterocycles. The number of rotatable bonds is 7. The Morgan fingerprint density at radius 1 is 0.652 bits per heavy atom. The summed E-state index contributed by atoms with van der Waals surface area (Å²) in [6, 6.07) is 11.2. The molecule has 1 heteroatoms. The first-order valence-electron chi connectivity index (χ1n) is 10.2. The molecule has 1 aromatic rings. The van der Waals surface area contributed by atoms with Crippen molar-refractivity contribution in [2.45, 2.75) is 77.0 Å². The van der Waals surface area contributed by atoms with Crippen molar-refractivity contribution < 1.29 is 0 Å². The van der Waals surface area contributed by atoms with Crippen LogP contribution in [0.4, 0.5) is 5.69 Å². The fraction of sp³-hybridized carbons (Fsp3) is 0.727. The van der Waals surface area contributed by atoms with Gasteiger partial charge in [-0.2, -0.15) is 0 Å². The Bertz CT molecular complexity index is 393. The maximum Gasteiger partial charge on any atom is 0.0366 e. The van der Waals surface area contributed by atoms with Gasteiger partial charge in [-0.15, -0.1) is 0 Å². The standard InChI is InChI=1S/C22H35N/c1-4-10-20(11-5-1)16-18-23(22-14-8-3-9-15-22)19-17-21-12-6-2-7-13-21/h3,8-9,14-15,20-21H,1-2,4-7,10-13,16-19H2. The normalized spacial score (nSPS) is 20.5. The van der Waals surface area contributed by atoms with Gasteiger partial charge in [0.15, 0.2) is 0 Å². The molecule has 0 amide bonds. The Labute approximate surface area is 143 Å². The summed E-state index contributed by atoms with van der Waals surface area (Å²) in [6.45, 7) is 2.53. The zero-order chi connectivity index (χ0) is 15.7. The van der Waals surface area contributed by atoms with Crippen molar-refractivity contribution in [3.05, 3.63) is 30.3 Å². The first-order valence-corrected chi connectivity index (χ1v) is 10.2. The van der Waals surface area contributed by atoms with E-state index < -0.39 is 0 Å². The van der Waals surface area contributed by atoms with E-state index in [1.807, 2.05) is 0 Å². The first-order chi connectivity index (χ1) is 11.4. The highest BCUT2D eigenvalue weighted by Crippen LogP contribution is 2.29. The number of benzene rings is 1. The fourth-order valence-electron chi connectivity index (χ4n) is 4.64. The molecule has 3 rings (SSSR count). The molecule has 1 nitrogen and oxygen atoms in total. The summed E-state index contributed by atoms with van der Waals surface area (Å²) in [6.07, 6.45) is 17.5. The predicted octanol–water partition coefficient (Wildman–Crippen LogP) is 6.43. The van der Waals surface area contributed by atoms with Crippen LogP contribution in [0.2, 0.25) is 0 Å². The van der Waals surface area contributed by atoms with Crippen LogP contribution in [0.1, 0.15) is 77.0 Å². The second-order valence-electron chi connectivity index (χ2n) is 7.91. The molecule has 0 aromatic heterocycles. The third kappa shape index (κ3) is 5.55. The summed E-state index contributed by atoms with van der Waals surface area (Å²) in [7, 11) is 0. The van der Waals surface area contributed by atoms with Crippen LogP contribution >= 0.6 is 0 Å². The van der Waals surface area contributed by atoms with Crippen molar-refractivity contribution in [3.63, 3.8) is 0 Å². The lowest BCUT2D eigenvalue weighted by atomic mass is 9.86. The van der Waals surface area contributed by atoms with Gasteiger partial charge in [-0.05, 0) is 36.8 Å². The molecular weight excluding hydrogens is 278 g/mol. The average Bonchev–Trinajstić information content (AvgIpc) is 2.64. The fourth-order valence-corrected chi connectivity index (χ4v) is 4.64. The lowest BCUT2D eigenvalue weighted by Gasteiger charge is -2.31. The molecule has 0 aliphatic heterocycles. The Kier molecular flexibility index (Phi) is 6.85. The summed E-state index contributed by atoms with van der Waals surface area (Å²) >= 11 is 0. The summed E-state index contributed by atoms with van der Waals surface area (Å²) < 4.78 is 0. The molecule has 2 aliphatic rings. The van der Waals surface area contributed by atoms with Gasteiger partial charge in [-0.25, -0.2) is 0 Å². The number of nitrogens with zero attached hydrogens (tertiary/aromatic N) is 1. The van der Waals surface area contributed by atoms with E-state index >= 15 is 0 Å². The number of hydrogen-bond acceptors (Lipinski definition) is 1. The van der Waals surface area contributed by atoms with Gasteiger partial charge in [0, 0.05) is 18.8 Å². The van der Waals surface area contributed by atoms with E-state index in [0.717, 1.165) is 11.8 Å². The summed E-state index contributed by atoms with van der Waals surface area (Å²) in [5, 5.41) is 0. The quantitative estimate of drug-likeness (QED) is 0.560. The van der Waals surface area contributed by atoms with Crippen LogP contribution in [-0.2, 0) is 0 Å². The summed E-state index contributed by atoms with van der Waals surface area (Å²) in [4.78, 5) is 2.68. The van der Waals surface area contributed by atoms with Crippen molar-refractivity contribution in [3.8, 4) is 0 Å². The van der Waals surface area contributed by atoms with E-state index in [4.69, 9.17) is 0 Å². The minimum Gasteiger partial charge on any atom is -0.372 e. The monoisotopic (exact) mass is 313 g/mol. The molecule has 0 unspecified atom stereocenters. The SMILES string of the molecule is c1ccc(N(CCC2CCCCC2)CCC2CCCCC2)cc1. The largest absolute Gasteiger partial charge is 0.372 e. The topological polar surface area (TPSA) is 3.24 Å². The minimum atomic E-state index is 0.990. The van der Waals surface area contributed by atoms with Crippen molar-refractivity contribution in [1.29, 1.82) is 0 Å². The third-order valence-corrected chi connectivity index (χ3v) is 6.19. The van der Waals surface area contributed by atoms with Gasteiger partial charge < -0.3 is 4.90 Å². The molecule has 1 aromatic carbocycles.